The van der Waals surface area contributed by atoms with Crippen molar-refractivity contribution in [3.8, 4) is 22.8 Å². The summed E-state index contributed by atoms with van der Waals surface area (Å²) in [7, 11) is 3.25. The highest BCUT2D eigenvalue weighted by atomic mass is 16.5. The number of nitrogens with one attached hydrogen (secondary N) is 1. The molecule has 1 amide bonds. The summed E-state index contributed by atoms with van der Waals surface area (Å²) in [6.07, 6.45) is 4.79. The summed E-state index contributed by atoms with van der Waals surface area (Å²) in [4.78, 5) is 37.2. The number of hydrogen-bond acceptors (Lipinski definition) is 7. The smallest absolute Gasteiger partial charge is 0.350 e. The molecule has 0 saturated heterocycles. The van der Waals surface area contributed by atoms with Gasteiger partial charge in [-0.15, -0.1) is 0 Å². The lowest BCUT2D eigenvalue weighted by Crippen LogP contribution is -2.41. The zero-order valence-electron chi connectivity index (χ0n) is 24.4. The molecule has 0 radical (unpaired) electrons. The number of aryl methyl sites for hydroxylation is 4. The second kappa shape index (κ2) is 11.3. The van der Waals surface area contributed by atoms with Crippen LogP contribution in [0.15, 0.2) is 59.5 Å². The predicted octanol–water partition coefficient (Wildman–Crippen LogP) is 4.77. The monoisotopic (exact) mass is 565 g/mol. The molecule has 6 rings (SSSR count). The lowest BCUT2D eigenvalue weighted by Gasteiger charge is -2.40. The molecule has 0 aliphatic carbocycles. The fraction of sp³-hybridized carbons (Fsp3) is 0.333. The molecular formula is C33H35N5O4. The Labute approximate surface area is 245 Å². The van der Waals surface area contributed by atoms with Gasteiger partial charge in [0.05, 0.1) is 19.9 Å². The molecule has 9 heteroatoms. The maximum absolute atomic E-state index is 13.5. The molecule has 1 atom stereocenters. The molecule has 4 heterocycles. The van der Waals surface area contributed by atoms with Crippen molar-refractivity contribution in [1.82, 2.24) is 19.9 Å². The van der Waals surface area contributed by atoms with Gasteiger partial charge in [0.2, 0.25) is 0 Å². The van der Waals surface area contributed by atoms with E-state index in [4.69, 9.17) is 9.47 Å². The Morgan fingerprint density at radius 1 is 1.02 bits per heavy atom. The van der Waals surface area contributed by atoms with Gasteiger partial charge in [0.25, 0.3) is 5.91 Å². The van der Waals surface area contributed by atoms with Crippen molar-refractivity contribution in [3.05, 3.63) is 93.2 Å². The fourth-order valence-electron chi connectivity index (χ4n) is 6.39. The summed E-state index contributed by atoms with van der Waals surface area (Å²) >= 11 is 0. The molecule has 0 spiro atoms. The molecule has 2 aromatic heterocycles. The topological polar surface area (TPSA) is 98.6 Å². The third-order valence-electron chi connectivity index (χ3n) is 8.27. The Hall–Kier alpha value is -4.66. The van der Waals surface area contributed by atoms with Gasteiger partial charge in [-0.05, 0) is 80.5 Å². The van der Waals surface area contributed by atoms with Gasteiger partial charge in [0.15, 0.2) is 11.5 Å². The van der Waals surface area contributed by atoms with E-state index in [1.54, 1.807) is 43.2 Å². The number of pyridine rings is 1. The number of carbonyl (C=O) groups is 1. The summed E-state index contributed by atoms with van der Waals surface area (Å²) < 4.78 is 12.9. The first kappa shape index (κ1) is 27.5. The summed E-state index contributed by atoms with van der Waals surface area (Å²) in [6, 6.07) is 15.7. The first-order valence-corrected chi connectivity index (χ1v) is 14.3. The minimum Gasteiger partial charge on any atom is -0.493 e. The largest absolute Gasteiger partial charge is 0.493 e. The normalized spacial score (nSPS) is 15.3. The third-order valence-corrected chi connectivity index (χ3v) is 8.27. The van der Waals surface area contributed by atoms with Crippen LogP contribution >= 0.6 is 0 Å². The molecule has 4 aromatic rings. The molecule has 2 aliphatic rings. The molecule has 2 aromatic carbocycles. The number of nitrogens with zero attached hydrogens (tertiary/aromatic N) is 4. The number of fused-ring (bicyclic) bond motifs is 4. The van der Waals surface area contributed by atoms with E-state index in [-0.39, 0.29) is 17.6 Å². The van der Waals surface area contributed by atoms with Gasteiger partial charge in [-0.1, -0.05) is 23.8 Å². The summed E-state index contributed by atoms with van der Waals surface area (Å²) in [5, 5.41) is 3.02. The molecule has 1 N–H and O–H groups in total. The van der Waals surface area contributed by atoms with Crippen LogP contribution in [0.4, 0.5) is 11.5 Å². The molecule has 0 fully saturated rings. The van der Waals surface area contributed by atoms with Gasteiger partial charge in [0.1, 0.15) is 11.5 Å². The standard InChI is InChI=1S/C33H35N5O4/c1-20-15-21(2)31-23(16-20)8-9-24(10-13-35-32(39)26-7-5-6-12-34-26)38(31)30-19-27-25-18-29(42-4)28(41-3)17-22(25)11-14-37(27)33(40)36-30/h5-7,12,15-19,24H,8-11,13-14H2,1-4H3,(H,35,39). The first-order chi connectivity index (χ1) is 20.4. The second-order valence-corrected chi connectivity index (χ2v) is 11.0. The number of anilines is 2. The Kier molecular flexibility index (Phi) is 7.41. The molecule has 1 unspecified atom stereocenters. The van der Waals surface area contributed by atoms with Crippen LogP contribution in [0.2, 0.25) is 0 Å². The minimum atomic E-state index is -0.276. The van der Waals surface area contributed by atoms with Gasteiger partial charge in [0, 0.05) is 42.6 Å². The van der Waals surface area contributed by atoms with Gasteiger partial charge in [-0.25, -0.2) is 4.79 Å². The molecule has 2 aliphatic heterocycles. The maximum Gasteiger partial charge on any atom is 0.350 e. The zero-order valence-corrected chi connectivity index (χ0v) is 24.4. The van der Waals surface area contributed by atoms with Crippen molar-refractivity contribution in [2.75, 3.05) is 25.7 Å². The van der Waals surface area contributed by atoms with E-state index >= 15 is 0 Å². The van der Waals surface area contributed by atoms with E-state index in [0.29, 0.717) is 48.9 Å². The van der Waals surface area contributed by atoms with Crippen LogP contribution in [-0.2, 0) is 19.4 Å². The van der Waals surface area contributed by atoms with E-state index in [2.05, 4.69) is 46.2 Å². The number of benzene rings is 2. The predicted molar refractivity (Wildman–Crippen MR) is 162 cm³/mol. The summed E-state index contributed by atoms with van der Waals surface area (Å²) in [6.45, 7) is 5.24. The highest BCUT2D eigenvalue weighted by molar-refractivity contribution is 5.92. The molecule has 0 saturated carbocycles. The van der Waals surface area contributed by atoms with Gasteiger partial charge < -0.3 is 19.7 Å². The van der Waals surface area contributed by atoms with Crippen LogP contribution in [0.25, 0.3) is 11.3 Å². The Bertz CT molecular complexity index is 1720. The minimum absolute atomic E-state index is 0.0337. The number of amides is 1. The van der Waals surface area contributed by atoms with E-state index in [1.807, 2.05) is 18.2 Å². The molecule has 42 heavy (non-hydrogen) atoms. The van der Waals surface area contributed by atoms with Crippen LogP contribution < -0.4 is 25.4 Å². The van der Waals surface area contributed by atoms with E-state index in [9.17, 15) is 9.59 Å². The third kappa shape index (κ3) is 5.00. The van der Waals surface area contributed by atoms with Crippen molar-refractivity contribution in [2.24, 2.45) is 0 Å². The van der Waals surface area contributed by atoms with Crippen LogP contribution in [-0.4, -0.2) is 47.2 Å². The molecule has 0 bridgehead atoms. The summed E-state index contributed by atoms with van der Waals surface area (Å²) in [5.41, 5.74) is 7.65. The number of hydrogen-bond donors (Lipinski definition) is 1. The Balaban J connectivity index is 1.40. The molecule has 9 nitrogen and oxygen atoms in total. The van der Waals surface area contributed by atoms with Crippen LogP contribution in [0.1, 0.15) is 45.6 Å². The SMILES string of the molecule is COc1cc2c(cc1OC)-c1cc(N3c4c(C)cc(C)cc4CCC3CCNC(=O)c3ccccn3)nc(=O)n1CC2. The van der Waals surface area contributed by atoms with Crippen molar-refractivity contribution in [3.63, 3.8) is 0 Å². The van der Waals surface area contributed by atoms with Gasteiger partial charge in [-0.2, -0.15) is 4.98 Å². The van der Waals surface area contributed by atoms with Crippen LogP contribution in [0, 0.1) is 13.8 Å². The van der Waals surface area contributed by atoms with Crippen LogP contribution in [0.5, 0.6) is 11.5 Å². The van der Waals surface area contributed by atoms with Gasteiger partial charge >= 0.3 is 5.69 Å². The average molecular weight is 566 g/mol. The zero-order chi connectivity index (χ0) is 29.4. The van der Waals surface area contributed by atoms with Crippen LogP contribution in [0.3, 0.4) is 0 Å². The summed E-state index contributed by atoms with van der Waals surface area (Å²) in [5.74, 6) is 1.70. The number of ether oxygens (including phenoxy) is 2. The van der Waals surface area contributed by atoms with E-state index in [1.165, 1.54) is 11.1 Å². The number of aromatic nitrogens is 3. The quantitative estimate of drug-likeness (QED) is 0.345. The first-order valence-electron chi connectivity index (χ1n) is 14.3. The van der Waals surface area contributed by atoms with Crippen molar-refractivity contribution >= 4 is 17.4 Å². The van der Waals surface area contributed by atoms with Gasteiger partial charge in [-0.3, -0.25) is 14.3 Å². The van der Waals surface area contributed by atoms with E-state index in [0.717, 1.165) is 40.9 Å². The van der Waals surface area contributed by atoms with E-state index < -0.39 is 0 Å². The highest BCUT2D eigenvalue weighted by Crippen LogP contribution is 2.42. The fourth-order valence-corrected chi connectivity index (χ4v) is 6.39. The second-order valence-electron chi connectivity index (χ2n) is 11.0. The lowest BCUT2D eigenvalue weighted by molar-refractivity contribution is 0.0947. The number of carbonyl (C=O) groups excluding carboxylic acids is 1. The Morgan fingerprint density at radius 3 is 2.60 bits per heavy atom. The molecule has 216 valence electrons. The highest BCUT2D eigenvalue weighted by Gasteiger charge is 2.32. The number of methoxy groups -OCH3 is 2. The maximum atomic E-state index is 13.5. The lowest BCUT2D eigenvalue weighted by atomic mass is 9.90. The van der Waals surface area contributed by atoms with Crippen molar-refractivity contribution in [2.45, 2.75) is 52.1 Å². The average Bonchev–Trinajstić information content (AvgIpc) is 3.00. The molecular weight excluding hydrogens is 530 g/mol. The number of rotatable bonds is 7. The van der Waals surface area contributed by atoms with Crippen molar-refractivity contribution < 1.29 is 14.3 Å². The van der Waals surface area contributed by atoms with Crippen molar-refractivity contribution in [1.29, 1.82) is 0 Å². The Morgan fingerprint density at radius 2 is 1.83 bits per heavy atom.